The lowest BCUT2D eigenvalue weighted by Crippen LogP contribution is -2.49. The molecule has 0 unspecified atom stereocenters. The van der Waals surface area contributed by atoms with Gasteiger partial charge in [0.2, 0.25) is 10.4 Å². The maximum atomic E-state index is 10.8. The monoisotopic (exact) mass is 374 g/mol. The van der Waals surface area contributed by atoms with Gasteiger partial charge in [-0.15, -0.1) is 0 Å². The Kier molecular flexibility index (Phi) is 7.80. The van der Waals surface area contributed by atoms with E-state index >= 15 is 0 Å². The minimum absolute atomic E-state index is 0.0983. The van der Waals surface area contributed by atoms with Crippen molar-refractivity contribution in [3.8, 4) is 0 Å². The zero-order valence-electron chi connectivity index (χ0n) is 12.5. The van der Waals surface area contributed by atoms with Crippen LogP contribution in [0.5, 0.6) is 0 Å². The molecular formula is C12H22O11S. The standard InChI is InChI=1S/C12H22O11S/c13-3-6-5(1-7(15)10(6)18)2-8(16)12(23-24(20,21)22)11(19)9(17)4-14/h6-19H,1-4H2/t6-,7+,8+,9-,10+,11+,12-/m0/s1. The largest absolute Gasteiger partial charge is 0.726 e. The van der Waals surface area contributed by atoms with Crippen molar-refractivity contribution in [1.82, 2.24) is 0 Å². The van der Waals surface area contributed by atoms with Crippen LogP contribution in [-0.4, -0.2) is 98.6 Å². The van der Waals surface area contributed by atoms with E-state index in [1.54, 1.807) is 0 Å². The predicted octanol–water partition coefficient (Wildman–Crippen LogP) is -4.39. The van der Waals surface area contributed by atoms with Gasteiger partial charge in [-0.2, -0.15) is 0 Å². The molecule has 12 heteroatoms. The Hall–Kier alpha value is -0.540. The van der Waals surface area contributed by atoms with E-state index in [0.29, 0.717) is 0 Å². The SMILES string of the molecule is O=S(=O)([O-])O[C@H]([C@H](O)[C@@H](O)CO)[C@H](O)C[C+]1C[C@@H](O)[C@H](O)[C@H]1CO. The maximum Gasteiger partial charge on any atom is 0.218 e. The summed E-state index contributed by atoms with van der Waals surface area (Å²) in [4.78, 5) is 0. The molecule has 24 heavy (non-hydrogen) atoms. The minimum atomic E-state index is -5.35. The Morgan fingerprint density at radius 1 is 1.17 bits per heavy atom. The van der Waals surface area contributed by atoms with Crippen LogP contribution in [-0.2, 0) is 14.6 Å². The minimum Gasteiger partial charge on any atom is -0.726 e. The van der Waals surface area contributed by atoms with Gasteiger partial charge >= 0.3 is 0 Å². The molecule has 142 valence electrons. The van der Waals surface area contributed by atoms with Crippen LogP contribution in [0.2, 0.25) is 0 Å². The highest BCUT2D eigenvalue weighted by Crippen LogP contribution is 2.38. The van der Waals surface area contributed by atoms with E-state index in [-0.39, 0.29) is 12.3 Å². The Balaban J connectivity index is 2.89. The van der Waals surface area contributed by atoms with Crippen LogP contribution in [0.25, 0.3) is 0 Å². The Labute approximate surface area is 138 Å². The van der Waals surface area contributed by atoms with Gasteiger partial charge in [-0.05, 0) is 0 Å². The lowest BCUT2D eigenvalue weighted by atomic mass is 9.87. The summed E-state index contributed by atoms with van der Waals surface area (Å²) >= 11 is 0. The fourth-order valence-electron chi connectivity index (χ4n) is 2.72. The third-order valence-electron chi connectivity index (χ3n) is 4.00. The van der Waals surface area contributed by atoms with Gasteiger partial charge in [0.1, 0.15) is 55.4 Å². The van der Waals surface area contributed by atoms with Gasteiger partial charge < -0.3 is 40.3 Å². The molecule has 7 N–H and O–H groups in total. The molecule has 11 nitrogen and oxygen atoms in total. The van der Waals surface area contributed by atoms with Crippen molar-refractivity contribution < 1.29 is 52.9 Å². The molecule has 0 aromatic rings. The van der Waals surface area contributed by atoms with Crippen LogP contribution in [0, 0.1) is 11.8 Å². The van der Waals surface area contributed by atoms with Crippen molar-refractivity contribution in [1.29, 1.82) is 0 Å². The molecule has 0 heterocycles. The van der Waals surface area contributed by atoms with Crippen LogP contribution < -0.4 is 0 Å². The zero-order chi connectivity index (χ0) is 18.7. The third-order valence-corrected chi connectivity index (χ3v) is 4.45. The van der Waals surface area contributed by atoms with Crippen LogP contribution in [0.3, 0.4) is 0 Å². The molecule has 1 saturated carbocycles. The normalized spacial score (nSPS) is 30.2. The van der Waals surface area contributed by atoms with E-state index in [4.69, 9.17) is 5.11 Å². The number of hydrogen-bond donors (Lipinski definition) is 7. The Morgan fingerprint density at radius 3 is 2.21 bits per heavy atom. The summed E-state index contributed by atoms with van der Waals surface area (Å²) in [5, 5.41) is 66.5. The Morgan fingerprint density at radius 2 is 1.75 bits per heavy atom. The summed E-state index contributed by atoms with van der Waals surface area (Å²) in [7, 11) is -5.35. The van der Waals surface area contributed by atoms with E-state index in [0.717, 1.165) is 0 Å². The number of rotatable bonds is 9. The summed E-state index contributed by atoms with van der Waals surface area (Å²) < 4.78 is 36.3. The van der Waals surface area contributed by atoms with E-state index in [2.05, 4.69) is 4.18 Å². The highest BCUT2D eigenvalue weighted by molar-refractivity contribution is 7.80. The zero-order valence-corrected chi connectivity index (χ0v) is 13.4. The molecule has 7 atom stereocenters. The van der Waals surface area contributed by atoms with E-state index in [1.165, 1.54) is 0 Å². The molecule has 1 fully saturated rings. The van der Waals surface area contributed by atoms with Gasteiger partial charge in [0, 0.05) is 0 Å². The summed E-state index contributed by atoms with van der Waals surface area (Å²) in [6, 6.07) is 0. The first-order chi connectivity index (χ1) is 11.0. The fraction of sp³-hybridized carbons (Fsp3) is 0.917. The van der Waals surface area contributed by atoms with E-state index < -0.39 is 72.6 Å². The first-order valence-electron chi connectivity index (χ1n) is 7.12. The topological polar surface area (TPSA) is 208 Å². The Bertz CT molecular complexity index is 483. The van der Waals surface area contributed by atoms with E-state index in [9.17, 15) is 43.6 Å². The summed E-state index contributed by atoms with van der Waals surface area (Å²) in [6.45, 7) is -1.53. The average molecular weight is 374 g/mol. The molecule has 0 amide bonds. The molecule has 0 spiro atoms. The van der Waals surface area contributed by atoms with Gasteiger partial charge in [-0.25, -0.2) is 8.42 Å². The second kappa shape index (κ2) is 8.71. The third kappa shape index (κ3) is 5.49. The molecule has 0 aromatic carbocycles. The van der Waals surface area contributed by atoms with Crippen molar-refractivity contribution >= 4 is 10.4 Å². The summed E-state index contributed by atoms with van der Waals surface area (Å²) in [5.41, 5.74) is 0. The van der Waals surface area contributed by atoms with Crippen LogP contribution in [0.1, 0.15) is 12.8 Å². The van der Waals surface area contributed by atoms with Gasteiger partial charge in [0.25, 0.3) is 0 Å². The van der Waals surface area contributed by atoms with Gasteiger partial charge in [-0.3, -0.25) is 4.18 Å². The highest BCUT2D eigenvalue weighted by Gasteiger charge is 2.52. The molecule has 0 radical (unpaired) electrons. The summed E-state index contributed by atoms with van der Waals surface area (Å²) in [5.74, 6) is -0.619. The number of hydrogen-bond acceptors (Lipinski definition) is 11. The molecule has 1 aliphatic carbocycles. The lowest BCUT2D eigenvalue weighted by Gasteiger charge is -2.29. The van der Waals surface area contributed by atoms with Gasteiger partial charge in [0.05, 0.1) is 13.2 Å². The number of aliphatic hydroxyl groups excluding tert-OH is 7. The van der Waals surface area contributed by atoms with Gasteiger partial charge in [-0.1, -0.05) is 0 Å². The fourth-order valence-corrected chi connectivity index (χ4v) is 3.23. The highest BCUT2D eigenvalue weighted by atomic mass is 32.3. The molecule has 1 rings (SSSR count). The molecule has 0 aliphatic heterocycles. The second-order valence-corrected chi connectivity index (χ2v) is 6.70. The summed E-state index contributed by atoms with van der Waals surface area (Å²) in [6.07, 6.45) is -10.9. The predicted molar refractivity (Wildman–Crippen MR) is 74.7 cm³/mol. The second-order valence-electron chi connectivity index (χ2n) is 5.69. The smallest absolute Gasteiger partial charge is 0.218 e. The first kappa shape index (κ1) is 21.5. The van der Waals surface area contributed by atoms with Crippen molar-refractivity contribution in [2.75, 3.05) is 13.2 Å². The first-order valence-corrected chi connectivity index (χ1v) is 8.45. The average Bonchev–Trinajstić information content (AvgIpc) is 2.76. The van der Waals surface area contributed by atoms with Crippen LogP contribution >= 0.6 is 0 Å². The lowest BCUT2D eigenvalue weighted by molar-refractivity contribution is -0.106. The quantitative estimate of drug-likeness (QED) is 0.116. The van der Waals surface area contributed by atoms with Crippen molar-refractivity contribution in [2.24, 2.45) is 5.92 Å². The van der Waals surface area contributed by atoms with Crippen molar-refractivity contribution in [3.05, 3.63) is 5.92 Å². The number of aliphatic hydroxyl groups is 7. The van der Waals surface area contributed by atoms with E-state index in [1.807, 2.05) is 0 Å². The van der Waals surface area contributed by atoms with Crippen LogP contribution in [0.4, 0.5) is 0 Å². The molecule has 0 aromatic heterocycles. The molecule has 0 saturated heterocycles. The molecule has 1 aliphatic rings. The van der Waals surface area contributed by atoms with Crippen LogP contribution in [0.15, 0.2) is 0 Å². The molecular weight excluding hydrogens is 352 g/mol. The molecule has 0 bridgehead atoms. The maximum absolute atomic E-state index is 10.8. The van der Waals surface area contributed by atoms with Crippen molar-refractivity contribution in [2.45, 2.75) is 49.5 Å². The van der Waals surface area contributed by atoms with Gasteiger partial charge in [0.15, 0.2) is 5.92 Å². The van der Waals surface area contributed by atoms with Crippen molar-refractivity contribution in [3.63, 3.8) is 0 Å².